The van der Waals surface area contributed by atoms with Crippen LogP contribution in [0.1, 0.15) is 50.7 Å². The Balaban J connectivity index is 2.02. The maximum absolute atomic E-state index is 6.19. The molecule has 2 rings (SSSR count). The Bertz CT molecular complexity index is 320. The van der Waals surface area contributed by atoms with Gasteiger partial charge in [-0.25, -0.2) is 0 Å². The number of pyridine rings is 1. The summed E-state index contributed by atoms with van der Waals surface area (Å²) in [5.74, 6) is 0. The molecule has 1 aromatic heterocycles. The first kappa shape index (κ1) is 12.5. The molecule has 1 aliphatic rings. The molecular weight excluding hydrogens is 212 g/mol. The fourth-order valence-electron chi connectivity index (χ4n) is 2.47. The summed E-state index contributed by atoms with van der Waals surface area (Å²) in [6.45, 7) is 2.01. The van der Waals surface area contributed by atoms with Crippen molar-refractivity contribution in [3.8, 4) is 0 Å². The molecule has 1 heterocycles. The molecule has 0 spiro atoms. The largest absolute Gasteiger partial charge is 0.369 e. The minimum Gasteiger partial charge on any atom is -0.369 e. The van der Waals surface area contributed by atoms with Crippen LogP contribution >= 0.6 is 0 Å². The van der Waals surface area contributed by atoms with E-state index in [4.69, 9.17) is 10.5 Å². The van der Waals surface area contributed by atoms with Gasteiger partial charge in [-0.15, -0.1) is 0 Å². The van der Waals surface area contributed by atoms with E-state index < -0.39 is 0 Å². The Morgan fingerprint density at radius 3 is 2.47 bits per heavy atom. The normalized spacial score (nSPS) is 21.1. The molecule has 0 aliphatic heterocycles. The van der Waals surface area contributed by atoms with Crippen LogP contribution in [0.25, 0.3) is 0 Å². The molecule has 3 heteroatoms. The average Bonchev–Trinajstić information content (AvgIpc) is 2.38. The van der Waals surface area contributed by atoms with E-state index in [-0.39, 0.29) is 12.1 Å². The highest BCUT2D eigenvalue weighted by Gasteiger charge is 2.23. The molecule has 2 unspecified atom stereocenters. The van der Waals surface area contributed by atoms with Crippen LogP contribution in [0.15, 0.2) is 24.5 Å². The molecule has 0 bridgehead atoms. The van der Waals surface area contributed by atoms with Crippen LogP contribution in [0.5, 0.6) is 0 Å². The number of aromatic nitrogens is 1. The number of hydrogen-bond donors (Lipinski definition) is 1. The Morgan fingerprint density at radius 1 is 1.24 bits per heavy atom. The van der Waals surface area contributed by atoms with Gasteiger partial charge in [0.15, 0.2) is 0 Å². The van der Waals surface area contributed by atoms with Crippen LogP contribution in [0, 0.1) is 0 Å². The van der Waals surface area contributed by atoms with Crippen molar-refractivity contribution < 1.29 is 4.74 Å². The van der Waals surface area contributed by atoms with Gasteiger partial charge in [0.05, 0.1) is 12.2 Å². The third-order valence-electron chi connectivity index (χ3n) is 3.40. The Kier molecular flexibility index (Phi) is 4.51. The molecule has 17 heavy (non-hydrogen) atoms. The molecule has 1 aliphatic carbocycles. The molecule has 1 aromatic rings. The minimum atomic E-state index is 0.00102. The van der Waals surface area contributed by atoms with Gasteiger partial charge in [-0.05, 0) is 37.5 Å². The molecule has 0 aromatic carbocycles. The van der Waals surface area contributed by atoms with E-state index in [1.807, 2.05) is 19.1 Å². The number of hydrogen-bond acceptors (Lipinski definition) is 3. The molecule has 0 saturated heterocycles. The van der Waals surface area contributed by atoms with E-state index >= 15 is 0 Å². The summed E-state index contributed by atoms with van der Waals surface area (Å²) in [7, 11) is 0. The van der Waals surface area contributed by atoms with Gasteiger partial charge in [-0.3, -0.25) is 4.98 Å². The summed E-state index contributed by atoms with van der Waals surface area (Å²) in [6, 6.07) is 4.01. The standard InChI is InChI=1S/C14H22N2O/c1-11(15)14(12-7-9-16-10-8-12)17-13-5-3-2-4-6-13/h7-11,13-14H,2-6,15H2,1H3. The quantitative estimate of drug-likeness (QED) is 0.871. The van der Waals surface area contributed by atoms with Crippen molar-refractivity contribution in [3.05, 3.63) is 30.1 Å². The van der Waals surface area contributed by atoms with Crippen molar-refractivity contribution in [3.63, 3.8) is 0 Å². The molecule has 3 nitrogen and oxygen atoms in total. The smallest absolute Gasteiger partial charge is 0.0977 e. The van der Waals surface area contributed by atoms with Crippen molar-refractivity contribution in [2.75, 3.05) is 0 Å². The fourth-order valence-corrected chi connectivity index (χ4v) is 2.47. The zero-order valence-corrected chi connectivity index (χ0v) is 10.5. The van der Waals surface area contributed by atoms with Gasteiger partial charge in [-0.1, -0.05) is 19.3 Å². The second kappa shape index (κ2) is 6.12. The summed E-state index contributed by atoms with van der Waals surface area (Å²) in [5, 5.41) is 0. The van der Waals surface area contributed by atoms with Crippen LogP contribution < -0.4 is 5.73 Å². The lowest BCUT2D eigenvalue weighted by Crippen LogP contribution is -2.31. The van der Waals surface area contributed by atoms with Crippen molar-refractivity contribution in [2.24, 2.45) is 5.73 Å². The molecule has 1 fully saturated rings. The van der Waals surface area contributed by atoms with Gasteiger partial charge in [0, 0.05) is 18.4 Å². The first-order valence-electron chi connectivity index (χ1n) is 6.58. The number of rotatable bonds is 4. The highest BCUT2D eigenvalue weighted by Crippen LogP contribution is 2.28. The highest BCUT2D eigenvalue weighted by molar-refractivity contribution is 5.15. The van der Waals surface area contributed by atoms with E-state index in [1.165, 1.54) is 32.1 Å². The van der Waals surface area contributed by atoms with Crippen LogP contribution in [0.3, 0.4) is 0 Å². The van der Waals surface area contributed by atoms with E-state index in [0.29, 0.717) is 6.10 Å². The topological polar surface area (TPSA) is 48.1 Å². The van der Waals surface area contributed by atoms with Gasteiger partial charge in [0.1, 0.15) is 0 Å². The third-order valence-corrected chi connectivity index (χ3v) is 3.40. The lowest BCUT2D eigenvalue weighted by Gasteiger charge is -2.29. The van der Waals surface area contributed by atoms with Crippen LogP contribution in [-0.2, 0) is 4.74 Å². The van der Waals surface area contributed by atoms with Crippen molar-refractivity contribution in [1.82, 2.24) is 4.98 Å². The summed E-state index contributed by atoms with van der Waals surface area (Å²) in [6.07, 6.45) is 10.2. The molecule has 94 valence electrons. The molecular formula is C14H22N2O. The van der Waals surface area contributed by atoms with E-state index in [0.717, 1.165) is 5.56 Å². The number of nitrogens with two attached hydrogens (primary N) is 1. The Labute approximate surface area is 103 Å². The maximum atomic E-state index is 6.19. The van der Waals surface area contributed by atoms with Crippen molar-refractivity contribution in [2.45, 2.75) is 57.3 Å². The van der Waals surface area contributed by atoms with Gasteiger partial charge in [0.25, 0.3) is 0 Å². The zero-order valence-electron chi connectivity index (χ0n) is 10.5. The van der Waals surface area contributed by atoms with Gasteiger partial charge in [-0.2, -0.15) is 0 Å². The van der Waals surface area contributed by atoms with Crippen LogP contribution in [0.4, 0.5) is 0 Å². The molecule has 2 atom stereocenters. The second-order valence-corrected chi connectivity index (χ2v) is 4.96. The summed E-state index contributed by atoms with van der Waals surface area (Å²) < 4.78 is 6.19. The van der Waals surface area contributed by atoms with Crippen molar-refractivity contribution in [1.29, 1.82) is 0 Å². The fraction of sp³-hybridized carbons (Fsp3) is 0.643. The van der Waals surface area contributed by atoms with Gasteiger partial charge in [0.2, 0.25) is 0 Å². The molecule has 0 amide bonds. The monoisotopic (exact) mass is 234 g/mol. The number of nitrogens with zero attached hydrogens (tertiary/aromatic N) is 1. The highest BCUT2D eigenvalue weighted by atomic mass is 16.5. The SMILES string of the molecule is CC(N)C(OC1CCCCC1)c1ccncc1. The summed E-state index contributed by atoms with van der Waals surface area (Å²) in [5.41, 5.74) is 7.18. The zero-order chi connectivity index (χ0) is 12.1. The van der Waals surface area contributed by atoms with Crippen molar-refractivity contribution >= 4 is 0 Å². The molecule has 1 saturated carbocycles. The first-order chi connectivity index (χ1) is 8.27. The summed E-state index contributed by atoms with van der Waals surface area (Å²) in [4.78, 5) is 4.04. The van der Waals surface area contributed by atoms with E-state index in [9.17, 15) is 0 Å². The van der Waals surface area contributed by atoms with E-state index in [1.54, 1.807) is 12.4 Å². The Morgan fingerprint density at radius 2 is 1.88 bits per heavy atom. The van der Waals surface area contributed by atoms with Crippen LogP contribution in [0.2, 0.25) is 0 Å². The third kappa shape index (κ3) is 3.51. The minimum absolute atomic E-state index is 0.00102. The predicted molar refractivity (Wildman–Crippen MR) is 68.6 cm³/mol. The maximum Gasteiger partial charge on any atom is 0.0977 e. The lowest BCUT2D eigenvalue weighted by molar-refractivity contribution is -0.0407. The van der Waals surface area contributed by atoms with Gasteiger partial charge >= 0.3 is 0 Å². The average molecular weight is 234 g/mol. The van der Waals surface area contributed by atoms with E-state index in [2.05, 4.69) is 4.98 Å². The second-order valence-electron chi connectivity index (χ2n) is 4.96. The number of ether oxygens (including phenoxy) is 1. The predicted octanol–water partition coefficient (Wildman–Crippen LogP) is 2.82. The Hall–Kier alpha value is -0.930. The molecule has 2 N–H and O–H groups in total. The first-order valence-corrected chi connectivity index (χ1v) is 6.58. The van der Waals surface area contributed by atoms with Crippen LogP contribution in [-0.4, -0.2) is 17.1 Å². The molecule has 0 radical (unpaired) electrons. The lowest BCUT2D eigenvalue weighted by atomic mass is 9.96. The summed E-state index contributed by atoms with van der Waals surface area (Å²) >= 11 is 0. The van der Waals surface area contributed by atoms with Gasteiger partial charge < -0.3 is 10.5 Å².